The lowest BCUT2D eigenvalue weighted by Gasteiger charge is -2.12. The molecule has 3 N–H and O–H groups in total. The molecule has 8 nitrogen and oxygen atoms in total. The highest BCUT2D eigenvalue weighted by Gasteiger charge is 2.24. The Balaban J connectivity index is 1.77. The van der Waals surface area contributed by atoms with E-state index in [0.29, 0.717) is 42.8 Å². The topological polar surface area (TPSA) is 103 Å². The first kappa shape index (κ1) is 21.5. The zero-order valence-electron chi connectivity index (χ0n) is 18.2. The summed E-state index contributed by atoms with van der Waals surface area (Å²) in [6.45, 7) is 3.06. The zero-order chi connectivity index (χ0) is 22.7. The van der Waals surface area contributed by atoms with E-state index in [-0.39, 0.29) is 22.8 Å². The molecule has 4 rings (SSSR count). The minimum Gasteiger partial charge on any atom is -0.381 e. The molecule has 0 saturated heterocycles. The van der Waals surface area contributed by atoms with Crippen molar-refractivity contribution in [2.45, 2.75) is 19.9 Å². The number of benzene rings is 1. The van der Waals surface area contributed by atoms with Crippen molar-refractivity contribution in [1.82, 2.24) is 14.7 Å². The number of fused-ring (bicyclic) bond motifs is 2. The Morgan fingerprint density at radius 2 is 2.00 bits per heavy atom. The number of nitrogens with two attached hydrogens (primary N) is 1. The summed E-state index contributed by atoms with van der Waals surface area (Å²) < 4.78 is 8.39. The van der Waals surface area contributed by atoms with E-state index in [4.69, 9.17) is 15.5 Å². The number of anilines is 1. The van der Waals surface area contributed by atoms with Crippen LogP contribution in [0.25, 0.3) is 16.7 Å². The van der Waals surface area contributed by atoms with Gasteiger partial charge in [-0.25, -0.2) is 4.57 Å². The van der Waals surface area contributed by atoms with E-state index in [1.807, 2.05) is 43.3 Å². The van der Waals surface area contributed by atoms with E-state index >= 15 is 0 Å². The predicted octanol–water partition coefficient (Wildman–Crippen LogP) is 1.64. The van der Waals surface area contributed by atoms with Gasteiger partial charge in [-0.05, 0) is 31.0 Å². The first-order valence-electron chi connectivity index (χ1n) is 10.5. The molecule has 164 valence electrons. The molecule has 1 amide bonds. The van der Waals surface area contributed by atoms with Crippen molar-refractivity contribution < 1.29 is 14.1 Å². The largest absolute Gasteiger partial charge is 0.381 e. The number of amides is 1. The quantitative estimate of drug-likeness (QED) is 0.341. The van der Waals surface area contributed by atoms with Gasteiger partial charge in [0.05, 0.1) is 13.2 Å². The van der Waals surface area contributed by atoms with E-state index in [9.17, 15) is 9.59 Å². The normalized spacial score (nSPS) is 11.2. The van der Waals surface area contributed by atoms with Gasteiger partial charge in [-0.2, -0.15) is 0 Å². The molecule has 0 aliphatic carbocycles. The number of hydrogen-bond donors (Lipinski definition) is 2. The van der Waals surface area contributed by atoms with E-state index in [2.05, 4.69) is 5.32 Å². The fourth-order valence-electron chi connectivity index (χ4n) is 3.76. The van der Waals surface area contributed by atoms with Gasteiger partial charge in [0.1, 0.15) is 10.9 Å². The summed E-state index contributed by atoms with van der Waals surface area (Å²) in [6, 6.07) is 15.1. The van der Waals surface area contributed by atoms with Gasteiger partial charge in [-0.3, -0.25) is 14.0 Å². The number of hydrogen-bond acceptors (Lipinski definition) is 5. The van der Waals surface area contributed by atoms with Crippen LogP contribution in [-0.2, 0) is 17.7 Å². The van der Waals surface area contributed by atoms with Crippen molar-refractivity contribution in [3.63, 3.8) is 0 Å². The fraction of sp³-hybridized carbons (Fsp3) is 0.250. The Labute approximate surface area is 185 Å². The van der Waals surface area contributed by atoms with Crippen molar-refractivity contribution in [3.05, 3.63) is 81.8 Å². The van der Waals surface area contributed by atoms with Crippen LogP contribution in [0.2, 0.25) is 0 Å². The van der Waals surface area contributed by atoms with Crippen LogP contribution in [0, 0.1) is 6.92 Å². The van der Waals surface area contributed by atoms with Crippen molar-refractivity contribution in [3.8, 4) is 0 Å². The highest BCUT2D eigenvalue weighted by atomic mass is 16.5. The van der Waals surface area contributed by atoms with Crippen molar-refractivity contribution in [2.75, 3.05) is 26.0 Å². The summed E-state index contributed by atoms with van der Waals surface area (Å²) >= 11 is 0. The van der Waals surface area contributed by atoms with E-state index in [1.165, 1.54) is 10.5 Å². The minimum atomic E-state index is -0.333. The van der Waals surface area contributed by atoms with Gasteiger partial charge in [-0.15, -0.1) is 0 Å². The summed E-state index contributed by atoms with van der Waals surface area (Å²) in [6.07, 6.45) is 2.37. The summed E-state index contributed by atoms with van der Waals surface area (Å²) in [5.74, 6) is -0.0863. The number of carbonyl (C=O) groups is 1. The van der Waals surface area contributed by atoms with Gasteiger partial charge in [0.2, 0.25) is 11.5 Å². The lowest BCUT2D eigenvalue weighted by atomic mass is 10.1. The third-order valence-corrected chi connectivity index (χ3v) is 5.48. The van der Waals surface area contributed by atoms with Gasteiger partial charge < -0.3 is 15.8 Å². The monoisotopic (exact) mass is 432 g/mol. The highest BCUT2D eigenvalue weighted by molar-refractivity contribution is 6.00. The van der Waals surface area contributed by atoms with Gasteiger partial charge in [0.15, 0.2) is 0 Å². The number of nitrogens with one attached hydrogen (secondary N) is 1. The van der Waals surface area contributed by atoms with Crippen LogP contribution in [0.4, 0.5) is 5.82 Å². The van der Waals surface area contributed by atoms with Crippen LogP contribution in [0.5, 0.6) is 0 Å². The summed E-state index contributed by atoms with van der Waals surface area (Å²) in [5, 5.41) is 3.23. The predicted molar refractivity (Wildman–Crippen MR) is 123 cm³/mol. The third kappa shape index (κ3) is 4.04. The molecule has 0 fully saturated rings. The maximum absolute atomic E-state index is 13.3. The first-order chi connectivity index (χ1) is 15.5. The molecule has 3 heterocycles. The number of carbonyl (C=O) groups excluding carboxylic acids is 1. The first-order valence-corrected chi connectivity index (χ1v) is 10.5. The summed E-state index contributed by atoms with van der Waals surface area (Å²) in [5.41, 5.74) is 9.37. The molecule has 0 aliphatic heterocycles. The standard InChI is InChI=1S/C24H25N5O3/c1-16-7-6-12-29-21(16)27-22-19(24(29)31)15-18(20(25)28(22)13-14-32-2)23(30)26-11-10-17-8-4-3-5-9-17/h3-9,12,15,25H,10-11,13-14H2,1-2H3,(H,26,30)/p+1. The number of pyridine rings is 2. The summed E-state index contributed by atoms with van der Waals surface area (Å²) in [4.78, 5) is 31.0. The molecule has 8 heteroatoms. The van der Waals surface area contributed by atoms with Gasteiger partial charge >= 0.3 is 0 Å². The molecule has 0 atom stereocenters. The SMILES string of the molecule is COCC[n+]1c(N)c(C(=O)NCCc2ccccc2)cc2c(=O)n3cccc(C)c3nc21. The van der Waals surface area contributed by atoms with Crippen LogP contribution in [-0.4, -0.2) is 35.6 Å². The Morgan fingerprint density at radius 3 is 2.75 bits per heavy atom. The lowest BCUT2D eigenvalue weighted by molar-refractivity contribution is -0.660. The van der Waals surface area contributed by atoms with Gasteiger partial charge in [-0.1, -0.05) is 41.4 Å². The molecule has 0 radical (unpaired) electrons. The average Bonchev–Trinajstić information content (AvgIpc) is 2.80. The average molecular weight is 433 g/mol. The minimum absolute atomic E-state index is 0.244. The molecular weight excluding hydrogens is 406 g/mol. The maximum Gasteiger partial charge on any atom is 0.278 e. The summed E-state index contributed by atoms with van der Waals surface area (Å²) in [7, 11) is 1.58. The second-order valence-corrected chi connectivity index (χ2v) is 7.62. The Morgan fingerprint density at radius 1 is 1.22 bits per heavy atom. The van der Waals surface area contributed by atoms with E-state index < -0.39 is 0 Å². The number of nitrogen functional groups attached to an aromatic ring is 1. The third-order valence-electron chi connectivity index (χ3n) is 5.48. The number of rotatable bonds is 7. The molecule has 32 heavy (non-hydrogen) atoms. The van der Waals surface area contributed by atoms with Crippen molar-refractivity contribution in [2.24, 2.45) is 0 Å². The van der Waals surface area contributed by atoms with Crippen molar-refractivity contribution in [1.29, 1.82) is 0 Å². The van der Waals surface area contributed by atoms with E-state index in [1.54, 1.807) is 23.9 Å². The molecule has 4 aromatic rings. The molecule has 0 unspecified atom stereocenters. The Hall–Kier alpha value is -3.78. The second kappa shape index (κ2) is 9.15. The molecule has 0 bridgehead atoms. The van der Waals surface area contributed by atoms with Gasteiger partial charge in [0, 0.05) is 25.4 Å². The van der Waals surface area contributed by atoms with Crippen LogP contribution >= 0.6 is 0 Å². The zero-order valence-corrected chi connectivity index (χ0v) is 18.2. The number of ether oxygens (including phenoxy) is 1. The lowest BCUT2D eigenvalue weighted by Crippen LogP contribution is -2.44. The maximum atomic E-state index is 13.3. The number of aromatic nitrogens is 3. The van der Waals surface area contributed by atoms with Crippen LogP contribution in [0.15, 0.2) is 59.5 Å². The molecule has 3 aromatic heterocycles. The Kier molecular flexibility index (Phi) is 6.13. The van der Waals surface area contributed by atoms with Crippen molar-refractivity contribution >= 4 is 28.4 Å². The fourth-order valence-corrected chi connectivity index (χ4v) is 3.76. The Bertz CT molecular complexity index is 1350. The van der Waals surface area contributed by atoms with Gasteiger partial charge in [0.25, 0.3) is 17.1 Å². The van der Waals surface area contributed by atoms with Crippen LogP contribution in [0.1, 0.15) is 21.5 Å². The second-order valence-electron chi connectivity index (χ2n) is 7.62. The van der Waals surface area contributed by atoms with Crippen LogP contribution in [0.3, 0.4) is 0 Å². The molecule has 0 aliphatic rings. The molecular formula is C24H26N5O3+. The number of aryl methyl sites for hydroxylation is 1. The van der Waals surface area contributed by atoms with Crippen LogP contribution < -0.4 is 21.2 Å². The number of nitrogens with zero attached hydrogens (tertiary/aromatic N) is 3. The molecule has 0 saturated carbocycles. The number of methoxy groups -OCH3 is 1. The smallest absolute Gasteiger partial charge is 0.278 e. The highest BCUT2D eigenvalue weighted by Crippen LogP contribution is 2.16. The van der Waals surface area contributed by atoms with E-state index in [0.717, 1.165) is 11.1 Å². The molecule has 0 spiro atoms. The molecule has 1 aromatic carbocycles.